The molecule has 4 heteroatoms. The molecule has 15 heavy (non-hydrogen) atoms. The summed E-state index contributed by atoms with van der Waals surface area (Å²) in [5.74, 6) is 0.910. The van der Waals surface area contributed by atoms with Crippen molar-refractivity contribution in [1.82, 2.24) is 4.90 Å². The molecule has 0 unspecified atom stereocenters. The fourth-order valence-corrected chi connectivity index (χ4v) is 1.82. The average molecular weight is 276 g/mol. The third-order valence-electron chi connectivity index (χ3n) is 2.07. The SMILES string of the molecule is CCN(Cc1ccc(Br)o1)CC(C)(C)O. The summed E-state index contributed by atoms with van der Waals surface area (Å²) in [6, 6.07) is 3.82. The minimum Gasteiger partial charge on any atom is -0.453 e. The van der Waals surface area contributed by atoms with Crippen LogP contribution in [0.4, 0.5) is 0 Å². The zero-order valence-electron chi connectivity index (χ0n) is 9.46. The molecule has 0 aliphatic carbocycles. The van der Waals surface area contributed by atoms with E-state index in [0.717, 1.165) is 23.5 Å². The summed E-state index contributed by atoms with van der Waals surface area (Å²) < 4.78 is 6.17. The third-order valence-corrected chi connectivity index (χ3v) is 2.49. The molecular weight excluding hydrogens is 258 g/mol. The summed E-state index contributed by atoms with van der Waals surface area (Å²) in [5, 5.41) is 9.72. The van der Waals surface area contributed by atoms with Crippen molar-refractivity contribution in [3.05, 3.63) is 22.6 Å². The van der Waals surface area contributed by atoms with E-state index in [1.165, 1.54) is 0 Å². The molecule has 3 nitrogen and oxygen atoms in total. The second-order valence-electron chi connectivity index (χ2n) is 4.32. The number of aliphatic hydroxyl groups is 1. The van der Waals surface area contributed by atoms with Gasteiger partial charge in [0.2, 0.25) is 0 Å². The third kappa shape index (κ3) is 4.82. The van der Waals surface area contributed by atoms with Gasteiger partial charge < -0.3 is 9.52 Å². The van der Waals surface area contributed by atoms with Gasteiger partial charge >= 0.3 is 0 Å². The lowest BCUT2D eigenvalue weighted by atomic mass is 10.1. The molecule has 86 valence electrons. The molecule has 0 aliphatic rings. The second-order valence-corrected chi connectivity index (χ2v) is 5.10. The van der Waals surface area contributed by atoms with E-state index in [0.29, 0.717) is 6.54 Å². The van der Waals surface area contributed by atoms with E-state index in [-0.39, 0.29) is 0 Å². The Morgan fingerprint density at radius 2 is 2.13 bits per heavy atom. The van der Waals surface area contributed by atoms with Crippen LogP contribution in [0.2, 0.25) is 0 Å². The van der Waals surface area contributed by atoms with Crippen LogP contribution in [0.5, 0.6) is 0 Å². The minimum atomic E-state index is -0.667. The Balaban J connectivity index is 2.54. The largest absolute Gasteiger partial charge is 0.453 e. The van der Waals surface area contributed by atoms with Gasteiger partial charge in [0, 0.05) is 6.54 Å². The summed E-state index contributed by atoms with van der Waals surface area (Å²) in [6.45, 7) is 7.96. The predicted octanol–water partition coefficient (Wildman–Crippen LogP) is 2.63. The van der Waals surface area contributed by atoms with Crippen molar-refractivity contribution in [1.29, 1.82) is 0 Å². The molecule has 0 aromatic carbocycles. The maximum absolute atomic E-state index is 9.72. The number of furan rings is 1. The molecule has 0 amide bonds. The van der Waals surface area contributed by atoms with Gasteiger partial charge in [-0.3, -0.25) is 4.90 Å². The van der Waals surface area contributed by atoms with Gasteiger partial charge in [-0.2, -0.15) is 0 Å². The first-order chi connectivity index (χ1) is 6.90. The minimum absolute atomic E-state index is 0.641. The van der Waals surface area contributed by atoms with E-state index < -0.39 is 5.60 Å². The van der Waals surface area contributed by atoms with E-state index in [1.807, 2.05) is 26.0 Å². The molecule has 0 bridgehead atoms. The topological polar surface area (TPSA) is 36.6 Å². The quantitative estimate of drug-likeness (QED) is 0.898. The van der Waals surface area contributed by atoms with Gasteiger partial charge in [-0.05, 0) is 48.5 Å². The Hall–Kier alpha value is -0.320. The van der Waals surface area contributed by atoms with Gasteiger partial charge in [-0.1, -0.05) is 6.92 Å². The number of hydrogen-bond acceptors (Lipinski definition) is 3. The van der Waals surface area contributed by atoms with Crippen LogP contribution < -0.4 is 0 Å². The standard InChI is InChI=1S/C11H18BrNO2/c1-4-13(8-11(2,3)14)7-9-5-6-10(12)15-9/h5-6,14H,4,7-8H2,1-3H3. The van der Waals surface area contributed by atoms with Crippen LogP contribution in [-0.4, -0.2) is 28.7 Å². The highest BCUT2D eigenvalue weighted by atomic mass is 79.9. The van der Waals surface area contributed by atoms with Crippen molar-refractivity contribution in [2.45, 2.75) is 32.9 Å². The second kappa shape index (κ2) is 5.14. The van der Waals surface area contributed by atoms with Crippen LogP contribution in [-0.2, 0) is 6.54 Å². The fraction of sp³-hybridized carbons (Fsp3) is 0.636. The van der Waals surface area contributed by atoms with Crippen LogP contribution in [0.25, 0.3) is 0 Å². The highest BCUT2D eigenvalue weighted by Gasteiger charge is 2.18. The first kappa shape index (κ1) is 12.7. The Morgan fingerprint density at radius 1 is 1.47 bits per heavy atom. The average Bonchev–Trinajstić information content (AvgIpc) is 2.47. The molecule has 0 fully saturated rings. The summed E-state index contributed by atoms with van der Waals surface area (Å²) in [6.07, 6.45) is 0. The smallest absolute Gasteiger partial charge is 0.169 e. The highest BCUT2D eigenvalue weighted by molar-refractivity contribution is 9.10. The zero-order chi connectivity index (χ0) is 11.5. The van der Waals surface area contributed by atoms with E-state index in [9.17, 15) is 5.11 Å². The number of halogens is 1. The number of nitrogens with zero attached hydrogens (tertiary/aromatic N) is 1. The Labute approximate surface area is 99.2 Å². The van der Waals surface area contributed by atoms with Gasteiger partial charge in [0.05, 0.1) is 12.1 Å². The van der Waals surface area contributed by atoms with Crippen molar-refractivity contribution in [3.63, 3.8) is 0 Å². The van der Waals surface area contributed by atoms with E-state index >= 15 is 0 Å². The van der Waals surface area contributed by atoms with Gasteiger partial charge in [0.15, 0.2) is 4.67 Å². The molecule has 1 heterocycles. The molecular formula is C11H18BrNO2. The van der Waals surface area contributed by atoms with Crippen LogP contribution in [0, 0.1) is 0 Å². The Morgan fingerprint density at radius 3 is 2.53 bits per heavy atom. The molecule has 0 radical (unpaired) electrons. The van der Waals surface area contributed by atoms with Crippen molar-refractivity contribution in [2.24, 2.45) is 0 Å². The first-order valence-corrected chi connectivity index (χ1v) is 5.89. The van der Waals surface area contributed by atoms with E-state index in [4.69, 9.17) is 4.42 Å². The van der Waals surface area contributed by atoms with Crippen molar-refractivity contribution in [2.75, 3.05) is 13.1 Å². The van der Waals surface area contributed by atoms with Gasteiger partial charge in [-0.15, -0.1) is 0 Å². The molecule has 1 aromatic heterocycles. The lowest BCUT2D eigenvalue weighted by Crippen LogP contribution is -2.38. The summed E-state index contributed by atoms with van der Waals surface area (Å²) in [5.41, 5.74) is -0.667. The molecule has 0 aliphatic heterocycles. The summed E-state index contributed by atoms with van der Waals surface area (Å²) in [4.78, 5) is 2.14. The first-order valence-electron chi connectivity index (χ1n) is 5.09. The molecule has 0 saturated heterocycles. The molecule has 1 aromatic rings. The number of hydrogen-bond donors (Lipinski definition) is 1. The molecule has 0 saturated carbocycles. The molecule has 1 rings (SSSR count). The monoisotopic (exact) mass is 275 g/mol. The number of rotatable bonds is 5. The lowest BCUT2D eigenvalue weighted by molar-refractivity contribution is 0.0333. The highest BCUT2D eigenvalue weighted by Crippen LogP contribution is 2.16. The zero-order valence-corrected chi connectivity index (χ0v) is 11.0. The molecule has 0 atom stereocenters. The predicted molar refractivity (Wildman–Crippen MR) is 63.7 cm³/mol. The van der Waals surface area contributed by atoms with Gasteiger partial charge in [0.1, 0.15) is 5.76 Å². The van der Waals surface area contributed by atoms with Gasteiger partial charge in [0.25, 0.3) is 0 Å². The van der Waals surface area contributed by atoms with Crippen LogP contribution >= 0.6 is 15.9 Å². The summed E-state index contributed by atoms with van der Waals surface area (Å²) >= 11 is 3.27. The Bertz CT molecular complexity index is 304. The van der Waals surface area contributed by atoms with Gasteiger partial charge in [-0.25, -0.2) is 0 Å². The normalized spacial score (nSPS) is 12.4. The molecule has 0 spiro atoms. The van der Waals surface area contributed by atoms with Crippen LogP contribution in [0.3, 0.4) is 0 Å². The van der Waals surface area contributed by atoms with E-state index in [2.05, 4.69) is 27.8 Å². The molecule has 1 N–H and O–H groups in total. The maximum Gasteiger partial charge on any atom is 0.169 e. The van der Waals surface area contributed by atoms with Crippen molar-refractivity contribution >= 4 is 15.9 Å². The lowest BCUT2D eigenvalue weighted by Gasteiger charge is -2.27. The van der Waals surface area contributed by atoms with E-state index in [1.54, 1.807) is 0 Å². The maximum atomic E-state index is 9.72. The fourth-order valence-electron chi connectivity index (χ4n) is 1.48. The number of likely N-dealkylation sites (N-methyl/N-ethyl adjacent to an activating group) is 1. The summed E-state index contributed by atoms with van der Waals surface area (Å²) in [7, 11) is 0. The van der Waals surface area contributed by atoms with Crippen LogP contribution in [0.1, 0.15) is 26.5 Å². The van der Waals surface area contributed by atoms with Crippen molar-refractivity contribution in [3.8, 4) is 0 Å². The Kier molecular flexibility index (Phi) is 4.37. The van der Waals surface area contributed by atoms with Crippen molar-refractivity contribution < 1.29 is 9.52 Å². The van der Waals surface area contributed by atoms with Crippen LogP contribution in [0.15, 0.2) is 21.2 Å².